The van der Waals surface area contributed by atoms with Gasteiger partial charge in [0.25, 0.3) is 0 Å². The highest BCUT2D eigenvalue weighted by atomic mass is 35.5. The maximum Gasteiger partial charge on any atom is 0.229 e. The Balaban J connectivity index is 1.35. The van der Waals surface area contributed by atoms with Gasteiger partial charge in [-0.3, -0.25) is 9.59 Å². The van der Waals surface area contributed by atoms with Crippen molar-refractivity contribution < 1.29 is 9.59 Å². The Morgan fingerprint density at radius 3 is 2.83 bits per heavy atom. The van der Waals surface area contributed by atoms with E-state index in [9.17, 15) is 9.59 Å². The number of anilines is 2. The van der Waals surface area contributed by atoms with E-state index >= 15 is 0 Å². The summed E-state index contributed by atoms with van der Waals surface area (Å²) in [4.78, 5) is 31.3. The Hall–Kier alpha value is -3.19. The number of hydrogen-bond acceptors (Lipinski definition) is 4. The van der Waals surface area contributed by atoms with E-state index < -0.39 is 5.92 Å². The van der Waals surface area contributed by atoms with Crippen LogP contribution in [0.3, 0.4) is 0 Å². The lowest BCUT2D eigenvalue weighted by atomic mass is 10.1. The number of nitrogens with one attached hydrogen (secondary N) is 1. The lowest BCUT2D eigenvalue weighted by Gasteiger charge is -2.18. The fourth-order valence-electron chi connectivity index (χ4n) is 4.23. The van der Waals surface area contributed by atoms with Gasteiger partial charge in [0.1, 0.15) is 12.7 Å². The molecule has 3 aromatic rings. The number of amides is 2. The van der Waals surface area contributed by atoms with Gasteiger partial charge in [-0.1, -0.05) is 17.7 Å². The zero-order valence-electron chi connectivity index (χ0n) is 16.2. The number of nitrogens with zero attached hydrogens (tertiary/aromatic N) is 4. The smallest absolute Gasteiger partial charge is 0.229 e. The van der Waals surface area contributed by atoms with Crippen molar-refractivity contribution in [3.05, 3.63) is 65.2 Å². The second kappa shape index (κ2) is 7.57. The maximum absolute atomic E-state index is 13.0. The molecule has 152 valence electrons. The van der Waals surface area contributed by atoms with Gasteiger partial charge < -0.3 is 10.2 Å². The summed E-state index contributed by atoms with van der Waals surface area (Å²) in [5.74, 6) is -0.681. The van der Waals surface area contributed by atoms with Crippen molar-refractivity contribution in [1.82, 2.24) is 14.8 Å². The molecule has 0 spiro atoms. The fourth-order valence-corrected chi connectivity index (χ4v) is 4.41. The van der Waals surface area contributed by atoms with Crippen molar-refractivity contribution in [3.63, 3.8) is 0 Å². The molecule has 1 unspecified atom stereocenters. The minimum atomic E-state index is -0.437. The Bertz CT molecular complexity index is 1130. The standard InChI is InChI=1S/C22H20ClN5O2/c23-17-5-7-20(28-13-24-12-25-28)19(10-17)26-22(30)16-9-21(29)27(11-16)18-6-4-14-2-1-3-15(14)8-18/h4-8,10,12-13,16H,1-3,9,11H2,(H,26,30). The zero-order chi connectivity index (χ0) is 20.7. The van der Waals surface area contributed by atoms with Gasteiger partial charge in [-0.15, -0.1) is 0 Å². The predicted molar refractivity (Wildman–Crippen MR) is 114 cm³/mol. The van der Waals surface area contributed by atoms with Gasteiger partial charge in [-0.2, -0.15) is 5.10 Å². The monoisotopic (exact) mass is 421 g/mol. The molecule has 1 atom stereocenters. The number of rotatable bonds is 4. The topological polar surface area (TPSA) is 80.1 Å². The van der Waals surface area contributed by atoms with Crippen LogP contribution in [0.1, 0.15) is 24.0 Å². The summed E-state index contributed by atoms with van der Waals surface area (Å²) in [5, 5.41) is 7.54. The molecule has 0 bridgehead atoms. The third-order valence-corrected chi connectivity index (χ3v) is 6.01. The highest BCUT2D eigenvalue weighted by Gasteiger charge is 2.35. The molecule has 0 radical (unpaired) electrons. The summed E-state index contributed by atoms with van der Waals surface area (Å²) in [7, 11) is 0. The van der Waals surface area contributed by atoms with Crippen LogP contribution in [0.15, 0.2) is 49.1 Å². The minimum absolute atomic E-state index is 0.0318. The Kier molecular flexibility index (Phi) is 4.75. The van der Waals surface area contributed by atoms with Crippen molar-refractivity contribution >= 4 is 34.8 Å². The second-order valence-corrected chi connectivity index (χ2v) is 8.14. The van der Waals surface area contributed by atoms with Crippen LogP contribution < -0.4 is 10.2 Å². The number of aryl methyl sites for hydroxylation is 2. The normalized spacial score (nSPS) is 18.0. The lowest BCUT2D eigenvalue weighted by Crippen LogP contribution is -2.28. The van der Waals surface area contributed by atoms with Crippen molar-refractivity contribution in [2.45, 2.75) is 25.7 Å². The van der Waals surface area contributed by atoms with E-state index in [1.54, 1.807) is 34.1 Å². The van der Waals surface area contributed by atoms with Crippen LogP contribution in [0.25, 0.3) is 5.69 Å². The summed E-state index contributed by atoms with van der Waals surface area (Å²) in [5.41, 5.74) is 4.74. The largest absolute Gasteiger partial charge is 0.324 e. The van der Waals surface area contributed by atoms with Crippen LogP contribution in [0.5, 0.6) is 0 Å². The maximum atomic E-state index is 13.0. The van der Waals surface area contributed by atoms with E-state index in [2.05, 4.69) is 27.5 Å². The van der Waals surface area contributed by atoms with E-state index in [4.69, 9.17) is 11.6 Å². The highest BCUT2D eigenvalue weighted by molar-refractivity contribution is 6.31. The number of carbonyl (C=O) groups excluding carboxylic acids is 2. The van der Waals surface area contributed by atoms with Gasteiger partial charge >= 0.3 is 0 Å². The average Bonchev–Trinajstić information content (AvgIpc) is 3.48. The molecule has 1 aliphatic heterocycles. The molecular formula is C22H20ClN5O2. The molecule has 30 heavy (non-hydrogen) atoms. The molecule has 1 aliphatic carbocycles. The number of benzene rings is 2. The van der Waals surface area contributed by atoms with Crippen molar-refractivity contribution in [1.29, 1.82) is 0 Å². The summed E-state index contributed by atoms with van der Waals surface area (Å²) >= 11 is 6.14. The SMILES string of the molecule is O=C(Nc1cc(Cl)ccc1-n1cncn1)C1CC(=O)N(c2ccc3c(c2)CCC3)C1. The molecule has 2 aromatic carbocycles. The van der Waals surface area contributed by atoms with Crippen LogP contribution in [0.4, 0.5) is 11.4 Å². The lowest BCUT2D eigenvalue weighted by molar-refractivity contribution is -0.122. The number of fused-ring (bicyclic) bond motifs is 1. The Morgan fingerprint density at radius 1 is 1.13 bits per heavy atom. The molecule has 1 saturated heterocycles. The van der Waals surface area contributed by atoms with E-state index in [0.29, 0.717) is 22.9 Å². The molecular weight excluding hydrogens is 402 g/mol. The van der Waals surface area contributed by atoms with Crippen LogP contribution >= 0.6 is 11.6 Å². The summed E-state index contributed by atoms with van der Waals surface area (Å²) in [6.45, 7) is 0.364. The summed E-state index contributed by atoms with van der Waals surface area (Å²) in [6, 6.07) is 11.4. The summed E-state index contributed by atoms with van der Waals surface area (Å²) < 4.78 is 1.56. The first-order valence-electron chi connectivity index (χ1n) is 9.96. The molecule has 8 heteroatoms. The number of hydrogen-bond donors (Lipinski definition) is 1. The number of halogens is 1. The van der Waals surface area contributed by atoms with Crippen molar-refractivity contribution in [3.8, 4) is 5.69 Å². The minimum Gasteiger partial charge on any atom is -0.324 e. The Labute approximate surface area is 178 Å². The van der Waals surface area contributed by atoms with Crippen LogP contribution in [-0.4, -0.2) is 33.1 Å². The van der Waals surface area contributed by atoms with Gasteiger partial charge in [-0.05, 0) is 60.7 Å². The number of carbonyl (C=O) groups is 2. The molecule has 7 nitrogen and oxygen atoms in total. The number of aromatic nitrogens is 3. The van der Waals surface area contributed by atoms with Crippen LogP contribution in [0, 0.1) is 5.92 Å². The third-order valence-electron chi connectivity index (χ3n) is 5.77. The van der Waals surface area contributed by atoms with Gasteiger partial charge in [0.15, 0.2) is 0 Å². The molecule has 2 amide bonds. The predicted octanol–water partition coefficient (Wildman–Crippen LogP) is 3.40. The van der Waals surface area contributed by atoms with Gasteiger partial charge in [0, 0.05) is 23.7 Å². The first-order chi connectivity index (χ1) is 14.6. The first-order valence-corrected chi connectivity index (χ1v) is 10.3. The van der Waals surface area contributed by atoms with Crippen LogP contribution in [-0.2, 0) is 22.4 Å². The van der Waals surface area contributed by atoms with Gasteiger partial charge in [0.05, 0.1) is 17.3 Å². The molecule has 2 heterocycles. The molecule has 0 saturated carbocycles. The molecule has 1 fully saturated rings. The Morgan fingerprint density at radius 2 is 2.00 bits per heavy atom. The van der Waals surface area contributed by atoms with Crippen LogP contribution in [0.2, 0.25) is 5.02 Å². The van der Waals surface area contributed by atoms with Gasteiger partial charge in [0.2, 0.25) is 11.8 Å². The van der Waals surface area contributed by atoms with Crippen molar-refractivity contribution in [2.75, 3.05) is 16.8 Å². The van der Waals surface area contributed by atoms with Crippen molar-refractivity contribution in [2.24, 2.45) is 5.92 Å². The van der Waals surface area contributed by atoms with Gasteiger partial charge in [-0.25, -0.2) is 9.67 Å². The first kappa shape index (κ1) is 18.8. The average molecular weight is 422 g/mol. The molecule has 1 N–H and O–H groups in total. The van der Waals surface area contributed by atoms with E-state index in [-0.39, 0.29) is 18.2 Å². The van der Waals surface area contributed by atoms with E-state index in [0.717, 1.165) is 24.9 Å². The fraction of sp³-hybridized carbons (Fsp3) is 0.273. The zero-order valence-corrected chi connectivity index (χ0v) is 17.0. The molecule has 1 aromatic heterocycles. The molecule has 5 rings (SSSR count). The molecule has 2 aliphatic rings. The second-order valence-electron chi connectivity index (χ2n) is 7.70. The third kappa shape index (κ3) is 3.45. The quantitative estimate of drug-likeness (QED) is 0.700. The highest BCUT2D eigenvalue weighted by Crippen LogP contribution is 2.31. The van der Waals surface area contributed by atoms with E-state index in [1.807, 2.05) is 6.07 Å². The van der Waals surface area contributed by atoms with E-state index in [1.165, 1.54) is 17.5 Å². The summed E-state index contributed by atoms with van der Waals surface area (Å²) in [6.07, 6.45) is 6.46.